The SMILES string of the molecule is CC(C)c1ccc([C@H]2C[C@@H]2C(=O)N(C(C)C)C2CCOCC2)cc1. The molecule has 0 bridgehead atoms. The normalized spacial score (nSPS) is 24.4. The van der Waals surface area contributed by atoms with E-state index in [9.17, 15) is 4.79 Å². The summed E-state index contributed by atoms with van der Waals surface area (Å²) in [5.74, 6) is 1.51. The lowest BCUT2D eigenvalue weighted by atomic mass is 9.99. The zero-order valence-electron chi connectivity index (χ0n) is 15.5. The maximum Gasteiger partial charge on any atom is 0.226 e. The van der Waals surface area contributed by atoms with Gasteiger partial charge in [-0.15, -0.1) is 0 Å². The lowest BCUT2D eigenvalue weighted by molar-refractivity contribution is -0.139. The topological polar surface area (TPSA) is 29.5 Å². The molecule has 132 valence electrons. The molecule has 1 aliphatic heterocycles. The first kappa shape index (κ1) is 17.5. The number of hydrogen-bond acceptors (Lipinski definition) is 2. The Kier molecular flexibility index (Phi) is 5.29. The number of hydrogen-bond donors (Lipinski definition) is 0. The Labute approximate surface area is 146 Å². The van der Waals surface area contributed by atoms with Crippen molar-refractivity contribution in [1.82, 2.24) is 4.90 Å². The summed E-state index contributed by atoms with van der Waals surface area (Å²) in [5.41, 5.74) is 2.70. The Bertz CT molecular complexity index is 558. The summed E-state index contributed by atoms with van der Waals surface area (Å²) in [5, 5.41) is 0. The molecule has 1 saturated carbocycles. The molecule has 0 N–H and O–H groups in total. The van der Waals surface area contributed by atoms with Crippen LogP contribution in [0.3, 0.4) is 0 Å². The summed E-state index contributed by atoms with van der Waals surface area (Å²) in [6.07, 6.45) is 2.96. The van der Waals surface area contributed by atoms with Crippen molar-refractivity contribution in [2.45, 2.75) is 70.9 Å². The van der Waals surface area contributed by atoms with E-state index in [0.29, 0.717) is 23.8 Å². The van der Waals surface area contributed by atoms with Gasteiger partial charge in [-0.3, -0.25) is 4.79 Å². The van der Waals surface area contributed by atoms with Gasteiger partial charge in [0.15, 0.2) is 0 Å². The molecule has 1 amide bonds. The molecule has 0 radical (unpaired) electrons. The van der Waals surface area contributed by atoms with Crippen LogP contribution in [0.2, 0.25) is 0 Å². The third-order valence-electron chi connectivity index (χ3n) is 5.53. The van der Waals surface area contributed by atoms with E-state index in [2.05, 4.69) is 56.9 Å². The molecule has 1 aromatic carbocycles. The summed E-state index contributed by atoms with van der Waals surface area (Å²) < 4.78 is 5.47. The summed E-state index contributed by atoms with van der Waals surface area (Å²) in [4.78, 5) is 15.2. The fraction of sp³-hybridized carbons (Fsp3) is 0.667. The minimum atomic E-state index is 0.181. The predicted molar refractivity (Wildman–Crippen MR) is 97.2 cm³/mol. The monoisotopic (exact) mass is 329 g/mol. The molecule has 1 aliphatic carbocycles. The molecule has 1 saturated heterocycles. The van der Waals surface area contributed by atoms with E-state index in [1.165, 1.54) is 11.1 Å². The van der Waals surface area contributed by atoms with Crippen LogP contribution >= 0.6 is 0 Å². The number of nitrogens with zero attached hydrogens (tertiary/aromatic N) is 1. The van der Waals surface area contributed by atoms with Gasteiger partial charge in [0.05, 0.1) is 0 Å². The molecule has 1 aromatic rings. The van der Waals surface area contributed by atoms with E-state index in [1.807, 2.05) is 0 Å². The molecule has 0 spiro atoms. The van der Waals surface area contributed by atoms with Crippen molar-refractivity contribution in [1.29, 1.82) is 0 Å². The maximum atomic E-state index is 13.1. The highest BCUT2D eigenvalue weighted by molar-refractivity contribution is 5.83. The molecule has 3 rings (SSSR count). The highest BCUT2D eigenvalue weighted by atomic mass is 16.5. The van der Waals surface area contributed by atoms with Crippen LogP contribution in [0.1, 0.15) is 69.9 Å². The molecule has 0 unspecified atom stereocenters. The van der Waals surface area contributed by atoms with Crippen LogP contribution in [0.25, 0.3) is 0 Å². The molecule has 1 heterocycles. The highest BCUT2D eigenvalue weighted by Gasteiger charge is 2.47. The lowest BCUT2D eigenvalue weighted by Gasteiger charge is -2.37. The number of amides is 1. The average molecular weight is 329 g/mol. The quantitative estimate of drug-likeness (QED) is 0.805. The summed E-state index contributed by atoms with van der Waals surface area (Å²) in [6.45, 7) is 10.3. The Hall–Kier alpha value is -1.35. The van der Waals surface area contributed by atoms with Crippen molar-refractivity contribution < 1.29 is 9.53 Å². The number of carbonyl (C=O) groups excluding carboxylic acids is 1. The number of ether oxygens (including phenoxy) is 1. The summed E-state index contributed by atoms with van der Waals surface area (Å²) in [7, 11) is 0. The van der Waals surface area contributed by atoms with Crippen molar-refractivity contribution >= 4 is 5.91 Å². The smallest absolute Gasteiger partial charge is 0.226 e. The van der Waals surface area contributed by atoms with Crippen LogP contribution in [-0.2, 0) is 9.53 Å². The first-order valence-corrected chi connectivity index (χ1v) is 9.48. The number of rotatable bonds is 5. The molecular formula is C21H31NO2. The third-order valence-corrected chi connectivity index (χ3v) is 5.53. The fourth-order valence-corrected chi connectivity index (χ4v) is 3.98. The van der Waals surface area contributed by atoms with E-state index >= 15 is 0 Å². The Morgan fingerprint density at radius 3 is 2.25 bits per heavy atom. The zero-order chi connectivity index (χ0) is 17.3. The summed E-state index contributed by atoms with van der Waals surface area (Å²) in [6, 6.07) is 9.51. The van der Waals surface area contributed by atoms with E-state index in [0.717, 1.165) is 32.5 Å². The zero-order valence-corrected chi connectivity index (χ0v) is 15.5. The van der Waals surface area contributed by atoms with Crippen molar-refractivity contribution in [2.24, 2.45) is 5.92 Å². The van der Waals surface area contributed by atoms with E-state index in [4.69, 9.17) is 4.74 Å². The Balaban J connectivity index is 1.66. The third kappa shape index (κ3) is 3.66. The van der Waals surface area contributed by atoms with Crippen molar-refractivity contribution in [3.05, 3.63) is 35.4 Å². The minimum Gasteiger partial charge on any atom is -0.381 e. The van der Waals surface area contributed by atoms with Gasteiger partial charge in [-0.05, 0) is 56.1 Å². The highest BCUT2D eigenvalue weighted by Crippen LogP contribution is 2.49. The van der Waals surface area contributed by atoms with E-state index in [1.54, 1.807) is 0 Å². The second-order valence-electron chi connectivity index (χ2n) is 7.95. The first-order valence-electron chi connectivity index (χ1n) is 9.48. The first-order chi connectivity index (χ1) is 11.5. The molecular weight excluding hydrogens is 298 g/mol. The van der Waals surface area contributed by atoms with Crippen LogP contribution in [-0.4, -0.2) is 36.1 Å². The van der Waals surface area contributed by atoms with Crippen LogP contribution in [0.4, 0.5) is 0 Å². The maximum absolute atomic E-state index is 13.1. The fourth-order valence-electron chi connectivity index (χ4n) is 3.98. The van der Waals surface area contributed by atoms with Crippen LogP contribution in [0, 0.1) is 5.92 Å². The van der Waals surface area contributed by atoms with Gasteiger partial charge >= 0.3 is 0 Å². The van der Waals surface area contributed by atoms with Crippen molar-refractivity contribution in [2.75, 3.05) is 13.2 Å². The molecule has 2 atom stereocenters. The van der Waals surface area contributed by atoms with Crippen LogP contribution in [0.15, 0.2) is 24.3 Å². The standard InChI is InChI=1S/C21H31NO2/c1-14(2)16-5-7-17(8-6-16)19-13-20(19)21(23)22(15(3)4)18-9-11-24-12-10-18/h5-8,14-15,18-20H,9-13H2,1-4H3/t19-,20+/m1/s1. The number of carbonyl (C=O) groups is 1. The second kappa shape index (κ2) is 7.26. The van der Waals surface area contributed by atoms with Gasteiger partial charge in [-0.2, -0.15) is 0 Å². The minimum absolute atomic E-state index is 0.181. The lowest BCUT2D eigenvalue weighted by Crippen LogP contribution is -2.48. The molecule has 3 heteroatoms. The average Bonchev–Trinajstić information content (AvgIpc) is 3.36. The summed E-state index contributed by atoms with van der Waals surface area (Å²) >= 11 is 0. The van der Waals surface area contributed by atoms with Crippen molar-refractivity contribution in [3.63, 3.8) is 0 Å². The van der Waals surface area contributed by atoms with Crippen LogP contribution in [0.5, 0.6) is 0 Å². The van der Waals surface area contributed by atoms with Gasteiger partial charge in [0.25, 0.3) is 0 Å². The second-order valence-corrected chi connectivity index (χ2v) is 7.95. The largest absolute Gasteiger partial charge is 0.381 e. The predicted octanol–water partition coefficient (Wildman–Crippen LogP) is 4.33. The Morgan fingerprint density at radius 2 is 1.71 bits per heavy atom. The van der Waals surface area contributed by atoms with Crippen molar-refractivity contribution in [3.8, 4) is 0 Å². The van der Waals surface area contributed by atoms with Gasteiger partial charge in [-0.1, -0.05) is 38.1 Å². The van der Waals surface area contributed by atoms with E-state index in [-0.39, 0.29) is 12.0 Å². The molecule has 3 nitrogen and oxygen atoms in total. The number of benzene rings is 1. The molecule has 0 aromatic heterocycles. The molecule has 2 aliphatic rings. The Morgan fingerprint density at radius 1 is 1.08 bits per heavy atom. The molecule has 2 fully saturated rings. The van der Waals surface area contributed by atoms with Gasteiger partial charge < -0.3 is 9.64 Å². The van der Waals surface area contributed by atoms with Gasteiger partial charge in [0, 0.05) is 31.2 Å². The molecule has 24 heavy (non-hydrogen) atoms. The van der Waals surface area contributed by atoms with Gasteiger partial charge in [0.2, 0.25) is 5.91 Å². The van der Waals surface area contributed by atoms with Crippen LogP contribution < -0.4 is 0 Å². The van der Waals surface area contributed by atoms with E-state index < -0.39 is 0 Å². The van der Waals surface area contributed by atoms with Gasteiger partial charge in [0.1, 0.15) is 0 Å². The van der Waals surface area contributed by atoms with Gasteiger partial charge in [-0.25, -0.2) is 0 Å².